The van der Waals surface area contributed by atoms with Gasteiger partial charge in [-0.2, -0.15) is 9.98 Å². The minimum Gasteiger partial charge on any atom is -0.188 e. The number of nitrogens with zero attached hydrogens (tertiary/aromatic N) is 2. The van der Waals surface area contributed by atoms with Gasteiger partial charge in [0.1, 0.15) is 14.1 Å². The molecule has 2 aromatic carbocycles. The van der Waals surface area contributed by atoms with Crippen LogP contribution in [-0.2, 0) is 0 Å². The van der Waals surface area contributed by atoms with Crippen molar-refractivity contribution in [1.29, 1.82) is 0 Å². The van der Waals surface area contributed by atoms with E-state index in [1.807, 2.05) is 48.5 Å². The molecule has 1 atom stereocenters. The molecule has 2 rings (SSSR count). The van der Waals surface area contributed by atoms with Crippen LogP contribution in [0.4, 0.5) is 11.4 Å². The molecular formula is C23H28N2Si. The van der Waals surface area contributed by atoms with Crippen LogP contribution in [0.1, 0.15) is 39.2 Å². The minimum absolute atomic E-state index is 0.127. The van der Waals surface area contributed by atoms with E-state index in [0.717, 1.165) is 16.9 Å². The second-order valence-corrected chi connectivity index (χ2v) is 13.1. The highest BCUT2D eigenvalue weighted by Crippen LogP contribution is 2.35. The van der Waals surface area contributed by atoms with Gasteiger partial charge in [0.05, 0.1) is 11.4 Å². The first kappa shape index (κ1) is 19.9. The van der Waals surface area contributed by atoms with Gasteiger partial charge in [-0.15, -0.1) is 11.5 Å². The van der Waals surface area contributed by atoms with Crippen molar-refractivity contribution in [3.8, 4) is 11.5 Å². The molecule has 0 aliphatic heterocycles. The van der Waals surface area contributed by atoms with Gasteiger partial charge in [0.15, 0.2) is 0 Å². The molecule has 0 saturated heterocycles. The summed E-state index contributed by atoms with van der Waals surface area (Å²) in [7, 11) is -1.61. The van der Waals surface area contributed by atoms with Crippen molar-refractivity contribution in [3.05, 3.63) is 60.2 Å². The highest BCUT2D eigenvalue weighted by atomic mass is 28.3. The fourth-order valence-corrected chi connectivity index (χ4v) is 3.10. The van der Waals surface area contributed by atoms with Crippen molar-refractivity contribution >= 4 is 25.5 Å². The molecule has 0 bridgehead atoms. The zero-order valence-corrected chi connectivity index (χ0v) is 17.7. The Balaban J connectivity index is 2.28. The van der Waals surface area contributed by atoms with Gasteiger partial charge in [-0.25, -0.2) is 0 Å². The lowest BCUT2D eigenvalue weighted by Gasteiger charge is -2.31. The number of hydrogen-bond acceptors (Lipinski definition) is 2. The summed E-state index contributed by atoms with van der Waals surface area (Å²) in [6, 6.07) is 20.7. The van der Waals surface area contributed by atoms with Crippen LogP contribution in [0.2, 0.25) is 18.1 Å². The number of para-hydroxylation sites is 2. The van der Waals surface area contributed by atoms with E-state index in [1.54, 1.807) is 0 Å². The van der Waals surface area contributed by atoms with E-state index in [9.17, 15) is 0 Å². The Labute approximate surface area is 159 Å². The number of aliphatic imine (C=N–C) groups is 2. The maximum atomic E-state index is 4.44. The number of hydrogen-bond donors (Lipinski definition) is 0. The molecule has 134 valence electrons. The summed E-state index contributed by atoms with van der Waals surface area (Å²) in [4.78, 5) is 8.72. The zero-order chi connectivity index (χ0) is 19.2. The monoisotopic (exact) mass is 360 g/mol. The van der Waals surface area contributed by atoms with Crippen LogP contribution in [0, 0.1) is 11.5 Å². The average Bonchev–Trinajstić information content (AvgIpc) is 2.60. The van der Waals surface area contributed by atoms with Crippen LogP contribution in [0.25, 0.3) is 0 Å². The molecule has 2 aromatic rings. The molecule has 0 N–H and O–H groups in total. The van der Waals surface area contributed by atoms with E-state index in [1.165, 1.54) is 0 Å². The average molecular weight is 361 g/mol. The highest BCUT2D eigenvalue weighted by molar-refractivity contribution is 6.87. The largest absolute Gasteiger partial charge is 0.188 e. The van der Waals surface area contributed by atoms with E-state index in [-0.39, 0.29) is 11.0 Å². The fraction of sp³-hybridized carbons (Fsp3) is 0.348. The first-order valence-corrected chi connectivity index (χ1v) is 12.0. The molecule has 0 amide bonds. The SMILES string of the molecule is CC(C#C[Si](C)(C)C(C)(C)C)c1ccccc1N=C=Nc1ccccc1. The fourth-order valence-electron chi connectivity index (χ4n) is 2.15. The van der Waals surface area contributed by atoms with Crippen LogP contribution in [0.3, 0.4) is 0 Å². The van der Waals surface area contributed by atoms with Gasteiger partial charge in [-0.3, -0.25) is 0 Å². The van der Waals surface area contributed by atoms with Crippen LogP contribution in [0.15, 0.2) is 64.6 Å². The Bertz CT molecular complexity index is 858. The van der Waals surface area contributed by atoms with Gasteiger partial charge in [-0.05, 0) is 35.7 Å². The molecule has 0 saturated carbocycles. The van der Waals surface area contributed by atoms with E-state index >= 15 is 0 Å². The van der Waals surface area contributed by atoms with Crippen LogP contribution < -0.4 is 0 Å². The predicted octanol–water partition coefficient (Wildman–Crippen LogP) is 6.98. The van der Waals surface area contributed by atoms with Crippen LogP contribution >= 0.6 is 0 Å². The Hall–Kier alpha value is -2.40. The van der Waals surface area contributed by atoms with Crippen molar-refractivity contribution in [3.63, 3.8) is 0 Å². The third-order valence-electron chi connectivity index (χ3n) is 4.99. The predicted molar refractivity (Wildman–Crippen MR) is 115 cm³/mol. The highest BCUT2D eigenvalue weighted by Gasteiger charge is 2.33. The van der Waals surface area contributed by atoms with Gasteiger partial charge in [0.2, 0.25) is 0 Å². The zero-order valence-electron chi connectivity index (χ0n) is 16.7. The Morgan fingerprint density at radius 1 is 0.885 bits per heavy atom. The quantitative estimate of drug-likeness (QED) is 0.320. The summed E-state index contributed by atoms with van der Waals surface area (Å²) in [6.07, 6.45) is 0. The molecule has 0 heterocycles. The summed E-state index contributed by atoms with van der Waals surface area (Å²) in [5.74, 6) is 3.61. The summed E-state index contributed by atoms with van der Waals surface area (Å²) in [5.41, 5.74) is 6.46. The summed E-state index contributed by atoms with van der Waals surface area (Å²) in [6.45, 7) is 13.7. The lowest BCUT2D eigenvalue weighted by Crippen LogP contribution is -2.35. The molecule has 0 aromatic heterocycles. The standard InChI is InChI=1S/C23H28N2Si/c1-19(16-17-26(5,6)23(2,3)4)21-14-10-11-15-22(21)25-18-24-20-12-8-7-9-13-20/h7-15,19H,1-6H3. The Morgan fingerprint density at radius 3 is 2.15 bits per heavy atom. The maximum absolute atomic E-state index is 4.44. The van der Waals surface area contributed by atoms with Crippen molar-refractivity contribution in [1.82, 2.24) is 0 Å². The van der Waals surface area contributed by atoms with Crippen LogP contribution in [-0.4, -0.2) is 14.1 Å². The molecule has 3 heteroatoms. The maximum Gasteiger partial charge on any atom is 0.137 e. The first-order valence-electron chi connectivity index (χ1n) is 9.04. The molecule has 0 spiro atoms. The molecule has 1 unspecified atom stereocenters. The van der Waals surface area contributed by atoms with Gasteiger partial charge < -0.3 is 0 Å². The van der Waals surface area contributed by atoms with Gasteiger partial charge in [0.25, 0.3) is 0 Å². The third-order valence-corrected chi connectivity index (χ3v) is 9.50. The topological polar surface area (TPSA) is 24.7 Å². The third kappa shape index (κ3) is 5.30. The van der Waals surface area contributed by atoms with Crippen LogP contribution in [0.5, 0.6) is 0 Å². The van der Waals surface area contributed by atoms with E-state index in [4.69, 9.17) is 0 Å². The van der Waals surface area contributed by atoms with Crippen molar-refractivity contribution in [2.75, 3.05) is 0 Å². The van der Waals surface area contributed by atoms with E-state index in [2.05, 4.69) is 74.3 Å². The van der Waals surface area contributed by atoms with Gasteiger partial charge in [0, 0.05) is 5.92 Å². The lowest BCUT2D eigenvalue weighted by atomic mass is 10.0. The second kappa shape index (κ2) is 8.32. The molecule has 2 nitrogen and oxygen atoms in total. The van der Waals surface area contributed by atoms with Gasteiger partial charge in [-0.1, -0.05) is 70.3 Å². The van der Waals surface area contributed by atoms with Crippen molar-refractivity contribution in [2.45, 2.75) is 51.7 Å². The molecular weight excluding hydrogens is 332 g/mol. The molecule has 0 fully saturated rings. The molecule has 0 aliphatic carbocycles. The second-order valence-electron chi connectivity index (χ2n) is 8.08. The molecule has 0 radical (unpaired) electrons. The van der Waals surface area contributed by atoms with Crippen molar-refractivity contribution in [2.24, 2.45) is 9.98 Å². The molecule has 0 aliphatic rings. The smallest absolute Gasteiger partial charge is 0.137 e. The first-order chi connectivity index (χ1) is 12.2. The van der Waals surface area contributed by atoms with E-state index < -0.39 is 8.07 Å². The normalized spacial score (nSPS) is 12.4. The summed E-state index contributed by atoms with van der Waals surface area (Å²) >= 11 is 0. The molecule has 26 heavy (non-hydrogen) atoms. The van der Waals surface area contributed by atoms with Crippen molar-refractivity contribution < 1.29 is 0 Å². The minimum atomic E-state index is -1.61. The summed E-state index contributed by atoms with van der Waals surface area (Å²) in [5, 5.41) is 0.264. The lowest BCUT2D eigenvalue weighted by molar-refractivity contribution is 0.730. The Morgan fingerprint density at radius 2 is 1.50 bits per heavy atom. The van der Waals surface area contributed by atoms with E-state index in [0.29, 0.717) is 0 Å². The Kier molecular flexibility index (Phi) is 6.37. The summed E-state index contributed by atoms with van der Waals surface area (Å²) < 4.78 is 0. The number of rotatable bonds is 3. The number of benzene rings is 2. The van der Waals surface area contributed by atoms with Gasteiger partial charge >= 0.3 is 0 Å².